The molecule has 6 nitrogen and oxygen atoms in total. The van der Waals surface area contributed by atoms with Crippen LogP contribution in [-0.4, -0.2) is 41.7 Å². The minimum atomic E-state index is -4.45. The predicted molar refractivity (Wildman–Crippen MR) is 52.1 cm³/mol. The summed E-state index contributed by atoms with van der Waals surface area (Å²) in [4.78, 5) is 3.33. The van der Waals surface area contributed by atoms with Gasteiger partial charge in [-0.3, -0.25) is 0 Å². The zero-order valence-electron chi connectivity index (χ0n) is 7.47. The zero-order chi connectivity index (χ0) is 12.1. The second-order valence-corrected chi connectivity index (χ2v) is 5.76. The first-order valence-corrected chi connectivity index (χ1v) is 6.25. The number of hydrazone groups is 1. The van der Waals surface area contributed by atoms with Gasteiger partial charge in [-0.15, -0.1) is 5.10 Å². The van der Waals surface area contributed by atoms with Crippen molar-refractivity contribution in [1.29, 1.82) is 0 Å². The molecule has 11 heteroatoms. The molecule has 1 atom stereocenters. The Labute approximate surface area is 92.4 Å². The van der Waals surface area contributed by atoms with Crippen molar-refractivity contribution in [3.05, 3.63) is 0 Å². The molecule has 0 bridgehead atoms. The maximum absolute atomic E-state index is 12.3. The van der Waals surface area contributed by atoms with Crippen molar-refractivity contribution in [3.63, 3.8) is 0 Å². The van der Waals surface area contributed by atoms with Crippen molar-refractivity contribution < 1.29 is 21.6 Å². The summed E-state index contributed by atoms with van der Waals surface area (Å²) in [6, 6.07) is -1.86. The summed E-state index contributed by atoms with van der Waals surface area (Å²) < 4.78 is 58.1. The van der Waals surface area contributed by atoms with Crippen molar-refractivity contribution in [2.24, 2.45) is 15.2 Å². The predicted octanol–water partition coefficient (Wildman–Crippen LogP) is -0.105. The van der Waals surface area contributed by atoms with Crippen molar-refractivity contribution in [1.82, 2.24) is 5.01 Å². The molecular weight excluding hydrogens is 269 g/mol. The summed E-state index contributed by atoms with van der Waals surface area (Å²) in [5.74, 6) is 0. The van der Waals surface area contributed by atoms with Gasteiger partial charge in [0.15, 0.2) is 11.2 Å². The molecule has 16 heavy (non-hydrogen) atoms. The quantitative estimate of drug-likeness (QED) is 0.668. The van der Waals surface area contributed by atoms with E-state index >= 15 is 0 Å². The highest BCUT2D eigenvalue weighted by atomic mass is 32.3. The van der Waals surface area contributed by atoms with Crippen LogP contribution >= 0.6 is 11.8 Å². The van der Waals surface area contributed by atoms with Crippen LogP contribution in [0.5, 0.6) is 0 Å². The lowest BCUT2D eigenvalue weighted by molar-refractivity contribution is -0.146. The second kappa shape index (κ2) is 3.34. The molecule has 0 spiro atoms. The number of primary sulfonamides is 1. The molecule has 0 saturated heterocycles. The van der Waals surface area contributed by atoms with Gasteiger partial charge in [0.2, 0.25) is 4.38 Å². The van der Waals surface area contributed by atoms with Crippen LogP contribution in [0.3, 0.4) is 0 Å². The molecule has 0 aromatic heterocycles. The molecule has 0 aliphatic carbocycles. The Bertz CT molecular complexity index is 482. The van der Waals surface area contributed by atoms with E-state index in [1.54, 1.807) is 0 Å². The van der Waals surface area contributed by atoms with Crippen LogP contribution in [0.1, 0.15) is 0 Å². The van der Waals surface area contributed by atoms with Gasteiger partial charge in [-0.25, -0.2) is 23.6 Å². The van der Waals surface area contributed by atoms with Crippen molar-refractivity contribution in [2.45, 2.75) is 12.2 Å². The number of aliphatic imine (C=N–C) groups is 1. The molecule has 1 unspecified atom stereocenters. The van der Waals surface area contributed by atoms with Crippen LogP contribution in [0.25, 0.3) is 0 Å². The molecule has 2 N–H and O–H groups in total. The lowest BCUT2D eigenvalue weighted by Crippen LogP contribution is -2.32. The van der Waals surface area contributed by atoms with Gasteiger partial charge >= 0.3 is 6.18 Å². The van der Waals surface area contributed by atoms with E-state index < -0.39 is 33.2 Å². The molecule has 90 valence electrons. The lowest BCUT2D eigenvalue weighted by Gasteiger charge is -2.12. The number of hydrogen-bond donors (Lipinski definition) is 1. The first-order valence-electron chi connectivity index (χ1n) is 3.89. The maximum atomic E-state index is 12.3. The Balaban J connectivity index is 2.19. The van der Waals surface area contributed by atoms with Crippen LogP contribution in [0, 0.1) is 0 Å². The molecule has 2 aliphatic heterocycles. The fourth-order valence-corrected chi connectivity index (χ4v) is 2.73. The molecule has 2 heterocycles. The molecule has 0 radical (unpaired) electrons. The number of fused-ring (bicyclic) bond motifs is 1. The average Bonchev–Trinajstić information content (AvgIpc) is 2.53. The molecule has 0 aromatic rings. The Hall–Kier alpha value is -0.810. The fourth-order valence-electron chi connectivity index (χ4n) is 1.13. The average molecular weight is 274 g/mol. The molecule has 0 amide bonds. The Kier molecular flexibility index (Phi) is 2.44. The normalized spacial score (nSPS) is 25.5. The van der Waals surface area contributed by atoms with Crippen LogP contribution < -0.4 is 5.14 Å². The van der Waals surface area contributed by atoms with Crippen LogP contribution in [-0.2, 0) is 10.0 Å². The van der Waals surface area contributed by atoms with Crippen LogP contribution in [0.4, 0.5) is 13.2 Å². The highest BCUT2D eigenvalue weighted by molar-refractivity contribution is 8.42. The number of nitrogens with two attached hydrogens (primary N) is 1. The number of thioether (sulfide) groups is 1. The van der Waals surface area contributed by atoms with Gasteiger partial charge in [0.25, 0.3) is 10.0 Å². The summed E-state index contributed by atoms with van der Waals surface area (Å²) in [5, 5.41) is 9.04. The maximum Gasteiger partial charge on any atom is 0.412 e. The number of hydrogen-bond acceptors (Lipinski definition) is 6. The van der Waals surface area contributed by atoms with Gasteiger partial charge in [0, 0.05) is 0 Å². The number of amidine groups is 1. The van der Waals surface area contributed by atoms with E-state index in [-0.39, 0.29) is 5.17 Å². The summed E-state index contributed by atoms with van der Waals surface area (Å²) in [6.07, 6.45) is -4.45. The first kappa shape index (κ1) is 11.7. The minimum Gasteiger partial charge on any atom is -0.246 e. The Morgan fingerprint density at radius 2 is 2.12 bits per heavy atom. The second-order valence-electron chi connectivity index (χ2n) is 3.06. The highest BCUT2D eigenvalue weighted by Gasteiger charge is 2.47. The number of halogens is 3. The monoisotopic (exact) mass is 274 g/mol. The van der Waals surface area contributed by atoms with Gasteiger partial charge < -0.3 is 0 Å². The van der Waals surface area contributed by atoms with Crippen molar-refractivity contribution >= 4 is 31.3 Å². The van der Waals surface area contributed by atoms with E-state index in [2.05, 4.69) is 10.1 Å². The molecule has 0 aromatic carbocycles. The Morgan fingerprint density at radius 3 is 2.56 bits per heavy atom. The summed E-state index contributed by atoms with van der Waals surface area (Å²) in [6.45, 7) is -0.509. The Morgan fingerprint density at radius 1 is 1.50 bits per heavy atom. The van der Waals surface area contributed by atoms with Crippen LogP contribution in [0.2, 0.25) is 0 Å². The zero-order valence-corrected chi connectivity index (χ0v) is 9.10. The van der Waals surface area contributed by atoms with Gasteiger partial charge in [0.05, 0.1) is 6.54 Å². The van der Waals surface area contributed by atoms with E-state index in [0.29, 0.717) is 11.8 Å². The summed E-state index contributed by atoms with van der Waals surface area (Å²) in [7, 11) is -3.99. The SMILES string of the molecule is NS(=O)(=O)C1=NN2CC(C(F)(F)F)N=C2S1. The van der Waals surface area contributed by atoms with Gasteiger partial charge in [0.1, 0.15) is 0 Å². The summed E-state index contributed by atoms with van der Waals surface area (Å²) in [5.41, 5.74) is 0. The smallest absolute Gasteiger partial charge is 0.246 e. The van der Waals surface area contributed by atoms with E-state index in [0.717, 1.165) is 5.01 Å². The molecule has 2 rings (SSSR count). The third-order valence-electron chi connectivity index (χ3n) is 1.84. The molecule has 2 aliphatic rings. The number of rotatable bonds is 0. The van der Waals surface area contributed by atoms with Crippen molar-refractivity contribution in [2.75, 3.05) is 6.54 Å². The molecular formula is C5H5F3N4O2S2. The van der Waals surface area contributed by atoms with Gasteiger partial charge in [-0.05, 0) is 11.8 Å². The number of nitrogens with zero attached hydrogens (tertiary/aromatic N) is 3. The lowest BCUT2D eigenvalue weighted by atomic mass is 10.3. The van der Waals surface area contributed by atoms with E-state index in [9.17, 15) is 21.6 Å². The van der Waals surface area contributed by atoms with Gasteiger partial charge in [-0.1, -0.05) is 0 Å². The largest absolute Gasteiger partial charge is 0.412 e. The van der Waals surface area contributed by atoms with Crippen molar-refractivity contribution in [3.8, 4) is 0 Å². The number of sulfonamides is 1. The summed E-state index contributed by atoms with van der Waals surface area (Å²) >= 11 is 0.521. The van der Waals surface area contributed by atoms with E-state index in [4.69, 9.17) is 5.14 Å². The van der Waals surface area contributed by atoms with E-state index in [1.807, 2.05) is 0 Å². The first-order chi connectivity index (χ1) is 7.18. The molecule has 0 saturated carbocycles. The highest BCUT2D eigenvalue weighted by Crippen LogP contribution is 2.34. The number of alkyl halides is 3. The third kappa shape index (κ3) is 2.01. The van der Waals surface area contributed by atoms with Crippen LogP contribution in [0.15, 0.2) is 10.1 Å². The van der Waals surface area contributed by atoms with Gasteiger partial charge in [-0.2, -0.15) is 13.2 Å². The van der Waals surface area contributed by atoms with E-state index in [1.165, 1.54) is 0 Å². The molecule has 0 fully saturated rings. The third-order valence-corrected chi connectivity index (χ3v) is 4.11. The minimum absolute atomic E-state index is 0.0913. The fraction of sp³-hybridized carbons (Fsp3) is 0.600. The standard InChI is InChI=1S/C5H5F3N4O2S2/c6-5(7,8)2-1-12-3(10-2)15-4(11-12)16(9,13)14/h2H,1H2,(H2,9,13,14). The topological polar surface area (TPSA) is 88.1 Å².